The number of carbonyl (C=O) groups is 2. The number of likely N-dealkylation sites (tertiary alicyclic amines) is 2. The number of benzene rings is 2. The van der Waals surface area contributed by atoms with Crippen LogP contribution in [0.4, 0.5) is 4.39 Å². The van der Waals surface area contributed by atoms with Gasteiger partial charge in [-0.25, -0.2) is 4.39 Å². The van der Waals surface area contributed by atoms with Gasteiger partial charge in [0.25, 0.3) is 11.8 Å². The van der Waals surface area contributed by atoms with Crippen LogP contribution in [0, 0.1) is 11.7 Å². The number of hydrogen-bond donors (Lipinski definition) is 0. The summed E-state index contributed by atoms with van der Waals surface area (Å²) in [6.45, 7) is 3.46. The molecule has 2 fully saturated rings. The molecular formula is C24H27FN2O3. The van der Waals surface area contributed by atoms with Crippen LogP contribution in [-0.4, -0.2) is 54.4 Å². The second kappa shape index (κ2) is 9.28. The van der Waals surface area contributed by atoms with Gasteiger partial charge in [0.1, 0.15) is 11.6 Å². The standard InChI is InChI=1S/C24H27FN2O3/c25-21-10-8-19(9-11-21)23(28)27-14-4-5-18(16-27)17-30-22-7-3-6-20(15-22)24(29)26-12-1-2-13-26/h3,6-11,15,18H,1-2,4-5,12-14,16-17H2/t18-/m0/s1. The molecule has 2 saturated heterocycles. The molecule has 5 nitrogen and oxygen atoms in total. The van der Waals surface area contributed by atoms with Crippen molar-refractivity contribution in [3.8, 4) is 5.75 Å². The van der Waals surface area contributed by atoms with Gasteiger partial charge in [0.05, 0.1) is 6.61 Å². The predicted octanol–water partition coefficient (Wildman–Crippen LogP) is 3.99. The van der Waals surface area contributed by atoms with Crippen molar-refractivity contribution in [1.82, 2.24) is 9.80 Å². The largest absolute Gasteiger partial charge is 0.493 e. The third-order valence-electron chi connectivity index (χ3n) is 5.86. The molecule has 30 heavy (non-hydrogen) atoms. The molecule has 1 atom stereocenters. The van der Waals surface area contributed by atoms with E-state index in [-0.39, 0.29) is 23.5 Å². The second-order valence-electron chi connectivity index (χ2n) is 8.10. The number of carbonyl (C=O) groups excluding carboxylic acids is 2. The highest BCUT2D eigenvalue weighted by Gasteiger charge is 2.25. The average Bonchev–Trinajstić information content (AvgIpc) is 3.33. The minimum Gasteiger partial charge on any atom is -0.493 e. The predicted molar refractivity (Wildman–Crippen MR) is 112 cm³/mol. The normalized spacial score (nSPS) is 19.0. The Morgan fingerprint density at radius 3 is 2.37 bits per heavy atom. The van der Waals surface area contributed by atoms with Gasteiger partial charge in [0.2, 0.25) is 0 Å². The third kappa shape index (κ3) is 4.81. The van der Waals surface area contributed by atoms with Gasteiger partial charge in [-0.15, -0.1) is 0 Å². The molecule has 6 heteroatoms. The average molecular weight is 410 g/mol. The van der Waals surface area contributed by atoms with Crippen molar-refractivity contribution in [3.63, 3.8) is 0 Å². The Bertz CT molecular complexity index is 894. The van der Waals surface area contributed by atoms with Crippen LogP contribution in [0.25, 0.3) is 0 Å². The lowest BCUT2D eigenvalue weighted by Crippen LogP contribution is -2.41. The molecule has 0 unspecified atom stereocenters. The summed E-state index contributed by atoms with van der Waals surface area (Å²) in [6.07, 6.45) is 4.03. The molecule has 2 aromatic rings. The van der Waals surface area contributed by atoms with Crippen molar-refractivity contribution in [2.45, 2.75) is 25.7 Å². The Kier molecular flexibility index (Phi) is 6.31. The molecule has 2 aromatic carbocycles. The molecule has 0 bridgehead atoms. The van der Waals surface area contributed by atoms with Crippen molar-refractivity contribution in [1.29, 1.82) is 0 Å². The van der Waals surface area contributed by atoms with Crippen LogP contribution in [0.1, 0.15) is 46.4 Å². The van der Waals surface area contributed by atoms with Gasteiger partial charge in [0.15, 0.2) is 0 Å². The Labute approximate surface area is 176 Å². The first-order valence-electron chi connectivity index (χ1n) is 10.7. The SMILES string of the molecule is O=C(c1cccc(OC[C@H]2CCCN(C(=O)c3ccc(F)cc3)C2)c1)N1CCCC1. The second-order valence-corrected chi connectivity index (χ2v) is 8.10. The summed E-state index contributed by atoms with van der Waals surface area (Å²) in [5, 5.41) is 0. The first kappa shape index (κ1) is 20.4. The molecule has 2 heterocycles. The summed E-state index contributed by atoms with van der Waals surface area (Å²) in [5.41, 5.74) is 1.16. The Morgan fingerprint density at radius 2 is 1.60 bits per heavy atom. The maximum atomic E-state index is 13.1. The van der Waals surface area contributed by atoms with Gasteiger partial charge in [-0.1, -0.05) is 6.07 Å². The molecule has 0 N–H and O–H groups in total. The molecule has 158 valence electrons. The fourth-order valence-corrected chi connectivity index (χ4v) is 4.20. The first-order chi connectivity index (χ1) is 14.6. The van der Waals surface area contributed by atoms with Crippen LogP contribution in [0.15, 0.2) is 48.5 Å². The Balaban J connectivity index is 1.33. The zero-order chi connectivity index (χ0) is 20.9. The Morgan fingerprint density at radius 1 is 0.900 bits per heavy atom. The van der Waals surface area contributed by atoms with E-state index in [1.165, 1.54) is 24.3 Å². The lowest BCUT2D eigenvalue weighted by molar-refractivity contribution is 0.0632. The van der Waals surface area contributed by atoms with Crippen molar-refractivity contribution in [2.75, 3.05) is 32.8 Å². The summed E-state index contributed by atoms with van der Waals surface area (Å²) < 4.78 is 19.1. The summed E-state index contributed by atoms with van der Waals surface area (Å²) in [7, 11) is 0. The lowest BCUT2D eigenvalue weighted by Gasteiger charge is -2.32. The molecule has 0 aromatic heterocycles. The zero-order valence-corrected chi connectivity index (χ0v) is 17.1. The fourth-order valence-electron chi connectivity index (χ4n) is 4.20. The number of ether oxygens (including phenoxy) is 1. The highest BCUT2D eigenvalue weighted by molar-refractivity contribution is 5.95. The third-order valence-corrected chi connectivity index (χ3v) is 5.86. The van der Waals surface area contributed by atoms with E-state index < -0.39 is 0 Å². The van der Waals surface area contributed by atoms with Crippen molar-refractivity contribution < 1.29 is 18.7 Å². The van der Waals surface area contributed by atoms with Gasteiger partial charge in [0, 0.05) is 43.2 Å². The van der Waals surface area contributed by atoms with Crippen LogP contribution in [0.5, 0.6) is 5.75 Å². The molecule has 0 saturated carbocycles. The van der Waals surface area contributed by atoms with Crippen LogP contribution in [0.2, 0.25) is 0 Å². The van der Waals surface area contributed by atoms with E-state index >= 15 is 0 Å². The molecule has 0 aliphatic carbocycles. The van der Waals surface area contributed by atoms with E-state index in [2.05, 4.69) is 0 Å². The van der Waals surface area contributed by atoms with Crippen molar-refractivity contribution in [2.24, 2.45) is 5.92 Å². The number of hydrogen-bond acceptors (Lipinski definition) is 3. The zero-order valence-electron chi connectivity index (χ0n) is 17.1. The molecular weight excluding hydrogens is 383 g/mol. The number of piperidine rings is 1. The van der Waals surface area contributed by atoms with Gasteiger partial charge in [-0.3, -0.25) is 9.59 Å². The highest BCUT2D eigenvalue weighted by Crippen LogP contribution is 2.22. The number of amides is 2. The lowest BCUT2D eigenvalue weighted by atomic mass is 9.98. The summed E-state index contributed by atoms with van der Waals surface area (Å²) in [6, 6.07) is 13.0. The van der Waals surface area contributed by atoms with Crippen LogP contribution >= 0.6 is 0 Å². The van der Waals surface area contributed by atoms with Gasteiger partial charge in [-0.2, -0.15) is 0 Å². The number of halogens is 1. The minimum absolute atomic E-state index is 0.0617. The Hall–Kier alpha value is -2.89. The van der Waals surface area contributed by atoms with Crippen molar-refractivity contribution in [3.05, 3.63) is 65.5 Å². The van der Waals surface area contributed by atoms with Gasteiger partial charge >= 0.3 is 0 Å². The van der Waals surface area contributed by atoms with E-state index in [4.69, 9.17) is 4.74 Å². The van der Waals surface area contributed by atoms with E-state index in [1.807, 2.05) is 34.1 Å². The van der Waals surface area contributed by atoms with E-state index in [1.54, 1.807) is 0 Å². The number of nitrogens with zero attached hydrogens (tertiary/aromatic N) is 2. The molecule has 0 spiro atoms. The molecule has 4 rings (SSSR count). The van der Waals surface area contributed by atoms with E-state index in [0.29, 0.717) is 36.6 Å². The summed E-state index contributed by atoms with van der Waals surface area (Å²) in [4.78, 5) is 29.0. The molecule has 0 radical (unpaired) electrons. The van der Waals surface area contributed by atoms with E-state index in [0.717, 1.165) is 38.8 Å². The first-order valence-corrected chi connectivity index (χ1v) is 10.7. The minimum atomic E-state index is -0.345. The maximum Gasteiger partial charge on any atom is 0.253 e. The monoisotopic (exact) mass is 410 g/mol. The number of rotatable bonds is 5. The molecule has 2 amide bonds. The van der Waals surface area contributed by atoms with Crippen LogP contribution < -0.4 is 4.74 Å². The quantitative estimate of drug-likeness (QED) is 0.749. The van der Waals surface area contributed by atoms with Gasteiger partial charge in [-0.05, 0) is 68.1 Å². The van der Waals surface area contributed by atoms with Gasteiger partial charge < -0.3 is 14.5 Å². The fraction of sp³-hybridized carbons (Fsp3) is 0.417. The topological polar surface area (TPSA) is 49.9 Å². The summed E-state index contributed by atoms with van der Waals surface area (Å²) in [5.74, 6) is 0.551. The summed E-state index contributed by atoms with van der Waals surface area (Å²) >= 11 is 0. The van der Waals surface area contributed by atoms with Crippen molar-refractivity contribution >= 4 is 11.8 Å². The smallest absolute Gasteiger partial charge is 0.253 e. The molecule has 2 aliphatic heterocycles. The van der Waals surface area contributed by atoms with Crippen LogP contribution in [0.3, 0.4) is 0 Å². The molecule has 2 aliphatic rings. The van der Waals surface area contributed by atoms with E-state index in [9.17, 15) is 14.0 Å². The van der Waals surface area contributed by atoms with Crippen LogP contribution in [-0.2, 0) is 0 Å². The maximum absolute atomic E-state index is 13.1. The highest BCUT2D eigenvalue weighted by atomic mass is 19.1.